The predicted octanol–water partition coefficient (Wildman–Crippen LogP) is 4.09. The third-order valence-electron chi connectivity index (χ3n) is 4.05. The number of nitrogens with two attached hydrogens (primary N) is 1. The van der Waals surface area contributed by atoms with E-state index in [9.17, 15) is 4.79 Å². The van der Waals surface area contributed by atoms with Crippen molar-refractivity contribution < 1.29 is 14.3 Å². The van der Waals surface area contributed by atoms with Crippen molar-refractivity contribution in [2.24, 2.45) is 11.3 Å². The molecule has 1 fully saturated rings. The number of nitrogen functional groups attached to an aromatic ring is 1. The minimum absolute atomic E-state index is 0.0723. The smallest absolute Gasteiger partial charge is 0.315 e. The van der Waals surface area contributed by atoms with Crippen molar-refractivity contribution in [3.8, 4) is 0 Å². The summed E-state index contributed by atoms with van der Waals surface area (Å²) in [5, 5.41) is 0.0723. The van der Waals surface area contributed by atoms with Crippen molar-refractivity contribution in [1.82, 2.24) is 0 Å². The molecule has 0 bridgehead atoms. The highest BCUT2D eigenvalue weighted by atomic mass is 32.2. The molecular formula is C18H27NO3S. The molecule has 0 saturated carbocycles. The second-order valence-corrected chi connectivity index (χ2v) is 8.39. The van der Waals surface area contributed by atoms with Crippen LogP contribution >= 0.6 is 11.8 Å². The van der Waals surface area contributed by atoms with E-state index in [-0.39, 0.29) is 28.7 Å². The van der Waals surface area contributed by atoms with Crippen molar-refractivity contribution in [3.63, 3.8) is 0 Å². The van der Waals surface area contributed by atoms with Crippen LogP contribution in [0.15, 0.2) is 29.2 Å². The molecule has 0 aliphatic carbocycles. The maximum atomic E-state index is 12.6. The van der Waals surface area contributed by atoms with Crippen LogP contribution in [0.5, 0.6) is 0 Å². The van der Waals surface area contributed by atoms with Gasteiger partial charge in [0, 0.05) is 21.2 Å². The molecule has 1 aliphatic heterocycles. The lowest BCUT2D eigenvalue weighted by atomic mass is 9.92. The summed E-state index contributed by atoms with van der Waals surface area (Å²) in [6.45, 7) is 10.1. The average molecular weight is 337 g/mol. The fourth-order valence-corrected chi connectivity index (χ4v) is 4.01. The second-order valence-electron chi connectivity index (χ2n) is 7.10. The summed E-state index contributed by atoms with van der Waals surface area (Å²) in [5.74, 6) is -0.458. The number of rotatable bonds is 4. The molecule has 0 aromatic heterocycles. The molecule has 128 valence electrons. The Hall–Kier alpha value is -1.20. The third-order valence-corrected chi connectivity index (χ3v) is 5.60. The van der Waals surface area contributed by atoms with E-state index in [0.29, 0.717) is 0 Å². The number of cyclic esters (lactones) is 1. The van der Waals surface area contributed by atoms with E-state index in [0.717, 1.165) is 17.0 Å². The summed E-state index contributed by atoms with van der Waals surface area (Å²) in [6, 6.07) is 7.74. The van der Waals surface area contributed by atoms with E-state index in [1.807, 2.05) is 52.0 Å². The van der Waals surface area contributed by atoms with Gasteiger partial charge in [-0.25, -0.2) is 0 Å². The topological polar surface area (TPSA) is 61.6 Å². The van der Waals surface area contributed by atoms with E-state index in [4.69, 9.17) is 15.2 Å². The summed E-state index contributed by atoms with van der Waals surface area (Å²) in [5.41, 5.74) is 6.54. The van der Waals surface area contributed by atoms with Gasteiger partial charge in [0.15, 0.2) is 0 Å². The van der Waals surface area contributed by atoms with Gasteiger partial charge in [0.2, 0.25) is 6.29 Å². The monoisotopic (exact) mass is 337 g/mol. The second kappa shape index (κ2) is 7.14. The first-order valence-electron chi connectivity index (χ1n) is 8.11. The van der Waals surface area contributed by atoms with Gasteiger partial charge in [0.1, 0.15) is 0 Å². The molecule has 23 heavy (non-hydrogen) atoms. The number of carbonyl (C=O) groups excluding carboxylic acids is 1. The zero-order valence-corrected chi connectivity index (χ0v) is 15.4. The van der Waals surface area contributed by atoms with Crippen LogP contribution in [0.2, 0.25) is 0 Å². The lowest BCUT2D eigenvalue weighted by Crippen LogP contribution is -2.50. The van der Waals surface area contributed by atoms with Gasteiger partial charge in [0.05, 0.1) is 12.0 Å². The molecule has 0 unspecified atom stereocenters. The number of para-hydroxylation sites is 1. The van der Waals surface area contributed by atoms with Crippen LogP contribution < -0.4 is 5.73 Å². The minimum atomic E-state index is -0.495. The molecule has 2 rings (SSSR count). The summed E-state index contributed by atoms with van der Waals surface area (Å²) >= 11 is 1.63. The lowest BCUT2D eigenvalue weighted by molar-refractivity contribution is -0.253. The van der Waals surface area contributed by atoms with Crippen molar-refractivity contribution in [2.45, 2.75) is 63.6 Å². The van der Waals surface area contributed by atoms with Gasteiger partial charge in [0.25, 0.3) is 0 Å². The number of ether oxygens (including phenoxy) is 2. The maximum absolute atomic E-state index is 12.6. The first kappa shape index (κ1) is 18.1. The molecule has 2 N–H and O–H groups in total. The van der Waals surface area contributed by atoms with Crippen LogP contribution in [0.25, 0.3) is 0 Å². The van der Waals surface area contributed by atoms with Gasteiger partial charge in [-0.05, 0) is 25.5 Å². The Balaban J connectivity index is 2.15. The fraction of sp³-hybridized carbons (Fsp3) is 0.611. The Morgan fingerprint density at radius 2 is 1.96 bits per heavy atom. The van der Waals surface area contributed by atoms with Crippen molar-refractivity contribution in [1.29, 1.82) is 0 Å². The molecule has 0 spiro atoms. The molecule has 1 aliphatic rings. The summed E-state index contributed by atoms with van der Waals surface area (Å²) in [7, 11) is 0. The zero-order valence-electron chi connectivity index (χ0n) is 14.5. The van der Waals surface area contributed by atoms with E-state index >= 15 is 0 Å². The number of esters is 1. The van der Waals surface area contributed by atoms with Crippen LogP contribution in [0, 0.1) is 11.3 Å². The highest BCUT2D eigenvalue weighted by Crippen LogP contribution is 2.40. The Labute approximate surface area is 143 Å². The van der Waals surface area contributed by atoms with Crippen LogP contribution in [0.1, 0.15) is 41.0 Å². The summed E-state index contributed by atoms with van der Waals surface area (Å²) in [4.78, 5) is 13.6. The highest BCUT2D eigenvalue weighted by molar-refractivity contribution is 8.00. The normalized spacial score (nSPS) is 26.7. The highest BCUT2D eigenvalue weighted by Gasteiger charge is 2.45. The van der Waals surface area contributed by atoms with Crippen LogP contribution in [-0.2, 0) is 14.3 Å². The Bertz CT molecular complexity index is 555. The summed E-state index contributed by atoms with van der Waals surface area (Å²) < 4.78 is 11.6. The van der Waals surface area contributed by atoms with Gasteiger partial charge in [-0.1, -0.05) is 39.8 Å². The van der Waals surface area contributed by atoms with E-state index < -0.39 is 6.29 Å². The van der Waals surface area contributed by atoms with E-state index in [1.54, 1.807) is 11.8 Å². The molecule has 1 aromatic carbocycles. The van der Waals surface area contributed by atoms with Crippen molar-refractivity contribution in [2.75, 3.05) is 5.73 Å². The quantitative estimate of drug-likeness (QED) is 0.509. The molecule has 1 aromatic rings. The van der Waals surface area contributed by atoms with Gasteiger partial charge < -0.3 is 15.2 Å². The fourth-order valence-electron chi connectivity index (χ4n) is 2.68. The molecule has 1 heterocycles. The van der Waals surface area contributed by atoms with Crippen LogP contribution in [0.3, 0.4) is 0 Å². The Kier molecular flexibility index (Phi) is 5.63. The van der Waals surface area contributed by atoms with Gasteiger partial charge in [-0.15, -0.1) is 11.8 Å². The molecule has 4 atom stereocenters. The van der Waals surface area contributed by atoms with Crippen LogP contribution in [0.4, 0.5) is 5.69 Å². The molecule has 1 saturated heterocycles. The van der Waals surface area contributed by atoms with Gasteiger partial charge in [-0.3, -0.25) is 4.79 Å². The van der Waals surface area contributed by atoms with Gasteiger partial charge in [-0.2, -0.15) is 0 Å². The molecular weight excluding hydrogens is 310 g/mol. The zero-order chi connectivity index (χ0) is 17.2. The Morgan fingerprint density at radius 1 is 1.30 bits per heavy atom. The number of carbonyl (C=O) groups is 1. The predicted molar refractivity (Wildman–Crippen MR) is 94.2 cm³/mol. The Morgan fingerprint density at radius 3 is 2.48 bits per heavy atom. The van der Waals surface area contributed by atoms with Gasteiger partial charge >= 0.3 is 5.97 Å². The first-order chi connectivity index (χ1) is 10.7. The number of hydrogen-bond acceptors (Lipinski definition) is 5. The number of benzene rings is 1. The molecule has 5 heteroatoms. The number of anilines is 1. The minimum Gasteiger partial charge on any atom is -0.435 e. The largest absolute Gasteiger partial charge is 0.435 e. The summed E-state index contributed by atoms with van der Waals surface area (Å²) in [6.07, 6.45) is 0.167. The lowest BCUT2D eigenvalue weighted by Gasteiger charge is -2.41. The number of thioether (sulfide) groups is 1. The standard InChI is InChI=1S/C18H27NO3S/c1-6-13(23-14-10-8-7-9-12(14)19)15-11(2)21-17(18(3,4)5)22-16(15)20/h7-11,13,15,17H,6,19H2,1-5H3/t11-,13-,15+,17-/m1/s1. The van der Waals surface area contributed by atoms with E-state index in [2.05, 4.69) is 6.92 Å². The van der Waals surface area contributed by atoms with Crippen LogP contribution in [-0.4, -0.2) is 23.6 Å². The molecule has 0 radical (unpaired) electrons. The van der Waals surface area contributed by atoms with E-state index in [1.165, 1.54) is 0 Å². The SMILES string of the molecule is CC[C@@H](Sc1ccccc1N)[C@H]1C(=O)O[C@H](C(C)(C)C)O[C@@H]1C. The van der Waals surface area contributed by atoms with Crippen molar-refractivity contribution >= 4 is 23.4 Å². The third kappa shape index (κ3) is 4.21. The average Bonchev–Trinajstić information content (AvgIpc) is 2.46. The molecule has 0 amide bonds. The first-order valence-corrected chi connectivity index (χ1v) is 8.99. The maximum Gasteiger partial charge on any atom is 0.315 e. The number of hydrogen-bond donors (Lipinski definition) is 1. The molecule has 4 nitrogen and oxygen atoms in total. The van der Waals surface area contributed by atoms with Crippen molar-refractivity contribution in [3.05, 3.63) is 24.3 Å².